The summed E-state index contributed by atoms with van der Waals surface area (Å²) in [4.78, 5) is 65.6. The monoisotopic (exact) mass is 888 g/mol. The van der Waals surface area contributed by atoms with E-state index in [9.17, 15) is 52.7 Å². The van der Waals surface area contributed by atoms with E-state index in [1.54, 1.807) is 38.1 Å². The van der Waals surface area contributed by atoms with Gasteiger partial charge in [0.2, 0.25) is 5.82 Å². The van der Waals surface area contributed by atoms with Crippen LogP contribution in [0.25, 0.3) is 5.69 Å². The number of aromatic nitrogens is 2. The van der Waals surface area contributed by atoms with Gasteiger partial charge in [0.15, 0.2) is 0 Å². The third-order valence-electron chi connectivity index (χ3n) is 10.2. The van der Waals surface area contributed by atoms with Gasteiger partial charge in [-0.2, -0.15) is 18.3 Å². The number of carbonyl (C=O) groups excluding carboxylic acids is 2. The molecular formula is C40H41Cl2F3N8O8. The molecule has 324 valence electrons. The van der Waals surface area contributed by atoms with Gasteiger partial charge in [-0.1, -0.05) is 80.2 Å². The molecule has 1 aromatic heterocycles. The van der Waals surface area contributed by atoms with Crippen LogP contribution in [0.4, 0.5) is 24.7 Å². The minimum atomic E-state index is -4.63. The first-order valence-corrected chi connectivity index (χ1v) is 18.9. The molecule has 3 aromatic carbocycles. The van der Waals surface area contributed by atoms with Crippen LogP contribution in [-0.2, 0) is 15.8 Å². The van der Waals surface area contributed by atoms with Crippen molar-refractivity contribution >= 4 is 70.1 Å². The molecule has 0 bridgehead atoms. The molecule has 2 amide bonds. The maximum absolute atomic E-state index is 12.6. The van der Waals surface area contributed by atoms with E-state index in [1.807, 2.05) is 47.6 Å². The maximum atomic E-state index is 12.6. The predicted octanol–water partition coefficient (Wildman–Crippen LogP) is 7.66. The summed E-state index contributed by atoms with van der Waals surface area (Å²) in [6, 6.07) is 11.3. The Bertz CT molecular complexity index is 2500. The average molecular weight is 890 g/mol. The van der Waals surface area contributed by atoms with Crippen LogP contribution in [0.3, 0.4) is 0 Å². The third kappa shape index (κ3) is 9.84. The number of nitrogens with zero attached hydrogens (tertiary/aromatic N) is 5. The molecule has 2 atom stereocenters. The highest BCUT2D eigenvalue weighted by Crippen LogP contribution is 2.39. The number of anilines is 1. The number of nitrogens with one attached hydrogen (secondary N) is 2. The van der Waals surface area contributed by atoms with Crippen molar-refractivity contribution < 1.29 is 47.5 Å². The predicted molar refractivity (Wildman–Crippen MR) is 222 cm³/mol. The Kier molecular flexibility index (Phi) is 13.7. The van der Waals surface area contributed by atoms with Gasteiger partial charge < -0.3 is 26.6 Å². The molecule has 0 aliphatic carbocycles. The molecule has 3 heterocycles. The zero-order chi connectivity index (χ0) is 46.1. The zero-order valence-corrected chi connectivity index (χ0v) is 35.4. The molecular weight excluding hydrogens is 848 g/mol. The van der Waals surface area contributed by atoms with Crippen LogP contribution in [0.15, 0.2) is 64.7 Å². The molecule has 4 aromatic rings. The lowest BCUT2D eigenvalue weighted by molar-refractivity contribution is -0.383. The van der Waals surface area contributed by atoms with Crippen molar-refractivity contribution in [1.82, 2.24) is 20.4 Å². The highest BCUT2D eigenvalue weighted by Gasteiger charge is 2.44. The number of nitrogen functional groups attached to an aromatic ring is 1. The number of rotatable bonds is 8. The molecule has 2 aliphatic rings. The number of hydrogen-bond acceptors (Lipinski definition) is 10. The van der Waals surface area contributed by atoms with Gasteiger partial charge >= 0.3 is 23.8 Å². The number of nitrogens with two attached hydrogens (primary N) is 1. The molecule has 0 radical (unpaired) electrons. The number of aromatic carboxylic acids is 2. The Morgan fingerprint density at radius 1 is 0.820 bits per heavy atom. The number of aliphatic imine (C=N–C) groups is 2. The summed E-state index contributed by atoms with van der Waals surface area (Å²) in [5.41, 5.74) is 5.03. The second-order valence-electron chi connectivity index (χ2n) is 15.0. The van der Waals surface area contributed by atoms with E-state index >= 15 is 0 Å². The molecule has 0 saturated carbocycles. The Labute approximate surface area is 356 Å². The van der Waals surface area contributed by atoms with Gasteiger partial charge in [-0.25, -0.2) is 14.3 Å². The summed E-state index contributed by atoms with van der Waals surface area (Å²) in [7, 11) is 0. The number of carbonyl (C=O) groups is 4. The van der Waals surface area contributed by atoms with Gasteiger partial charge in [0, 0.05) is 11.1 Å². The van der Waals surface area contributed by atoms with E-state index in [0.29, 0.717) is 34.9 Å². The van der Waals surface area contributed by atoms with Crippen molar-refractivity contribution in [2.75, 3.05) is 5.73 Å². The number of alkyl halides is 3. The first kappa shape index (κ1) is 47.3. The van der Waals surface area contributed by atoms with Crippen molar-refractivity contribution in [3.8, 4) is 5.69 Å². The van der Waals surface area contributed by atoms with E-state index in [-0.39, 0.29) is 50.5 Å². The van der Waals surface area contributed by atoms with Crippen LogP contribution in [0.5, 0.6) is 0 Å². The number of halogens is 5. The Balaban J connectivity index is 0.000000202. The molecule has 21 heteroatoms. The Hall–Kier alpha value is -6.34. The second kappa shape index (κ2) is 17.7. The van der Waals surface area contributed by atoms with E-state index in [1.165, 1.54) is 6.07 Å². The van der Waals surface area contributed by atoms with Gasteiger partial charge in [-0.15, -0.1) is 0 Å². The summed E-state index contributed by atoms with van der Waals surface area (Å²) in [5.74, 6) is -2.12. The van der Waals surface area contributed by atoms with Gasteiger partial charge in [-0.05, 0) is 69.9 Å². The van der Waals surface area contributed by atoms with Crippen molar-refractivity contribution in [3.05, 3.63) is 114 Å². The third-order valence-corrected chi connectivity index (χ3v) is 10.8. The lowest BCUT2D eigenvalue weighted by Gasteiger charge is -2.21. The molecule has 6 rings (SSSR count). The number of carboxylic acid groups (broad SMARTS) is 2. The van der Waals surface area contributed by atoms with Gasteiger partial charge in [0.05, 0.1) is 31.7 Å². The van der Waals surface area contributed by atoms with Gasteiger partial charge in [-0.3, -0.25) is 29.7 Å². The molecule has 2 aliphatic heterocycles. The minimum absolute atomic E-state index is 0.0260. The normalized spacial score (nSPS) is 18.3. The number of amidine groups is 2. The van der Waals surface area contributed by atoms with E-state index in [0.717, 1.165) is 22.0 Å². The topological polar surface area (TPSA) is 244 Å². The molecule has 0 fully saturated rings. The molecule has 0 spiro atoms. The first-order valence-electron chi connectivity index (χ1n) is 18.2. The quantitative estimate of drug-likeness (QED) is 0.0854. The lowest BCUT2D eigenvalue weighted by atomic mass is 9.89. The van der Waals surface area contributed by atoms with Crippen molar-refractivity contribution in [2.24, 2.45) is 21.8 Å². The largest absolute Gasteiger partial charge is 0.478 e. The SMILES string of the molecule is Cc1ccc(C(=O)O)c(C2=NC(C)(C(C)C)C(=O)N2)c1.Cc1ccc(C2=NC(C)(C(C)C)C(=O)N2)c(C(=O)O)c1.Nc1c([N+](=O)[O-])cnn1-c1c(Cl)cc(C(F)(F)F)cc1Cl. The smallest absolute Gasteiger partial charge is 0.416 e. The van der Waals surface area contributed by atoms with Crippen LogP contribution >= 0.6 is 23.2 Å². The summed E-state index contributed by atoms with van der Waals surface area (Å²) in [5, 5.41) is 37.5. The maximum Gasteiger partial charge on any atom is 0.416 e. The Morgan fingerprint density at radius 2 is 1.28 bits per heavy atom. The van der Waals surface area contributed by atoms with Gasteiger partial charge in [0.25, 0.3) is 11.8 Å². The second-order valence-corrected chi connectivity index (χ2v) is 15.8. The summed E-state index contributed by atoms with van der Waals surface area (Å²) in [6.45, 7) is 14.9. The summed E-state index contributed by atoms with van der Waals surface area (Å²) >= 11 is 11.5. The van der Waals surface area contributed by atoms with E-state index < -0.39 is 51.2 Å². The van der Waals surface area contributed by atoms with Crippen LogP contribution in [0, 0.1) is 35.8 Å². The highest BCUT2D eigenvalue weighted by atomic mass is 35.5. The zero-order valence-electron chi connectivity index (χ0n) is 33.9. The standard InChI is InChI=1S/2C15H18N2O3.C10H5Cl2F3N4O2/c1-8(2)15(4)14(20)16-12(17-15)11-7-9(3)5-6-10(11)13(18)19;1-8(2)15(4)14(20)16-12(17-15)10-6-5-9(3)7-11(10)13(18)19;11-5-1-4(10(13,14)15)2-6(12)8(5)18-9(16)7(3-17-18)19(20)21/h2*5-8H,1-4H3,(H,18,19)(H,16,17,20);1-3H,16H2. The number of aryl methyl sites for hydroxylation is 2. The molecule has 0 saturated heterocycles. The number of hydrogen-bond donors (Lipinski definition) is 5. The molecule has 61 heavy (non-hydrogen) atoms. The van der Waals surface area contributed by atoms with Crippen LogP contribution in [-0.4, -0.2) is 71.4 Å². The molecule has 2 unspecified atom stereocenters. The van der Waals surface area contributed by atoms with E-state index in [2.05, 4.69) is 25.7 Å². The first-order chi connectivity index (χ1) is 28.1. The molecule has 6 N–H and O–H groups in total. The van der Waals surface area contributed by atoms with Crippen molar-refractivity contribution in [2.45, 2.75) is 72.6 Å². The molecule has 16 nitrogen and oxygen atoms in total. The van der Waals surface area contributed by atoms with Crippen LogP contribution in [0.2, 0.25) is 10.0 Å². The van der Waals surface area contributed by atoms with Crippen molar-refractivity contribution in [3.63, 3.8) is 0 Å². The fourth-order valence-electron chi connectivity index (χ4n) is 5.81. The van der Waals surface area contributed by atoms with Crippen LogP contribution in [0.1, 0.15) is 90.1 Å². The number of benzene rings is 3. The lowest BCUT2D eigenvalue weighted by Crippen LogP contribution is -2.41. The number of amides is 2. The summed E-state index contributed by atoms with van der Waals surface area (Å²) in [6.07, 6.45) is -3.78. The Morgan fingerprint density at radius 3 is 1.69 bits per heavy atom. The average Bonchev–Trinajstić information content (AvgIpc) is 3.80. The van der Waals surface area contributed by atoms with E-state index in [4.69, 9.17) is 28.9 Å². The van der Waals surface area contributed by atoms with Gasteiger partial charge in [0.1, 0.15) is 34.6 Å². The minimum Gasteiger partial charge on any atom is -0.478 e. The van der Waals surface area contributed by atoms with Crippen molar-refractivity contribution in [1.29, 1.82) is 0 Å². The van der Waals surface area contributed by atoms with Crippen LogP contribution < -0.4 is 16.4 Å². The summed E-state index contributed by atoms with van der Waals surface area (Å²) < 4.78 is 38.7. The highest BCUT2D eigenvalue weighted by molar-refractivity contribution is 6.38. The fraction of sp³-hybridized carbons (Fsp3) is 0.325. The fourth-order valence-corrected chi connectivity index (χ4v) is 6.46. The number of carboxylic acids is 2. The number of nitro groups is 1.